The summed E-state index contributed by atoms with van der Waals surface area (Å²) in [6.07, 6.45) is 4.40. The van der Waals surface area contributed by atoms with E-state index in [1.54, 1.807) is 12.4 Å². The minimum Gasteiger partial charge on any atom is -0.393 e. The van der Waals surface area contributed by atoms with Gasteiger partial charge in [0.2, 0.25) is 0 Å². The molecule has 0 amide bonds. The van der Waals surface area contributed by atoms with Crippen LogP contribution in [0.25, 0.3) is 0 Å². The third-order valence-electron chi connectivity index (χ3n) is 1.88. The van der Waals surface area contributed by atoms with Crippen molar-refractivity contribution in [2.24, 2.45) is 0 Å². The Labute approximate surface area is 72.5 Å². The minimum atomic E-state index is -0.291. The Bertz CT molecular complexity index is 250. The molecule has 0 saturated carbocycles. The first-order valence-corrected chi connectivity index (χ1v) is 4.18. The van der Waals surface area contributed by atoms with Crippen LogP contribution in [0, 0.1) is 6.92 Å². The molecule has 0 fully saturated rings. The van der Waals surface area contributed by atoms with Crippen molar-refractivity contribution >= 4 is 0 Å². The van der Waals surface area contributed by atoms with E-state index in [0.717, 1.165) is 17.8 Å². The fourth-order valence-electron chi connectivity index (χ4n) is 1.00. The summed E-state index contributed by atoms with van der Waals surface area (Å²) in [6, 6.07) is 0. The summed E-state index contributed by atoms with van der Waals surface area (Å²) in [4.78, 5) is 8.24. The van der Waals surface area contributed by atoms with E-state index in [4.69, 9.17) is 0 Å². The second kappa shape index (κ2) is 4.16. The van der Waals surface area contributed by atoms with Gasteiger partial charge in [-0.1, -0.05) is 6.92 Å². The van der Waals surface area contributed by atoms with Gasteiger partial charge in [-0.25, -0.2) is 0 Å². The molecule has 0 aliphatic carbocycles. The van der Waals surface area contributed by atoms with Crippen LogP contribution < -0.4 is 0 Å². The van der Waals surface area contributed by atoms with Crippen LogP contribution in [-0.4, -0.2) is 21.2 Å². The monoisotopic (exact) mass is 166 g/mol. The topological polar surface area (TPSA) is 46.0 Å². The van der Waals surface area contributed by atoms with Crippen LogP contribution in [-0.2, 0) is 6.42 Å². The highest BCUT2D eigenvalue weighted by atomic mass is 16.3. The molecular weight excluding hydrogens is 152 g/mol. The van der Waals surface area contributed by atoms with Gasteiger partial charge in [-0.2, -0.15) is 0 Å². The van der Waals surface area contributed by atoms with Crippen LogP contribution >= 0.6 is 0 Å². The fraction of sp³-hybridized carbons (Fsp3) is 0.556. The Hall–Kier alpha value is -0.960. The van der Waals surface area contributed by atoms with Crippen LogP contribution in [0.3, 0.4) is 0 Å². The molecule has 1 N–H and O–H groups in total. The molecule has 0 aromatic carbocycles. The standard InChI is InChI=1S/C9H14N2O/c1-3-8(12)6-9-7(2)10-4-5-11-9/h4-5,8,12H,3,6H2,1-2H3. The van der Waals surface area contributed by atoms with E-state index >= 15 is 0 Å². The highest BCUT2D eigenvalue weighted by Gasteiger charge is 2.06. The summed E-state index contributed by atoms with van der Waals surface area (Å²) >= 11 is 0. The molecule has 0 bridgehead atoms. The minimum absolute atomic E-state index is 0.291. The third-order valence-corrected chi connectivity index (χ3v) is 1.88. The fourth-order valence-corrected chi connectivity index (χ4v) is 1.00. The van der Waals surface area contributed by atoms with Crippen LogP contribution in [0.4, 0.5) is 0 Å². The predicted octanol–water partition coefficient (Wildman–Crippen LogP) is 1.10. The van der Waals surface area contributed by atoms with Gasteiger partial charge in [0, 0.05) is 18.8 Å². The zero-order chi connectivity index (χ0) is 8.97. The molecular formula is C9H14N2O. The number of aliphatic hydroxyl groups excluding tert-OH is 1. The summed E-state index contributed by atoms with van der Waals surface area (Å²) in [5, 5.41) is 9.37. The van der Waals surface area contributed by atoms with Gasteiger partial charge in [-0.3, -0.25) is 9.97 Å². The van der Waals surface area contributed by atoms with Gasteiger partial charge in [-0.15, -0.1) is 0 Å². The van der Waals surface area contributed by atoms with Crippen LogP contribution in [0.2, 0.25) is 0 Å². The second-order valence-electron chi connectivity index (χ2n) is 2.85. The molecule has 12 heavy (non-hydrogen) atoms. The second-order valence-corrected chi connectivity index (χ2v) is 2.85. The normalized spacial score (nSPS) is 12.9. The zero-order valence-corrected chi connectivity index (χ0v) is 7.49. The van der Waals surface area contributed by atoms with Crippen molar-refractivity contribution in [1.82, 2.24) is 9.97 Å². The average Bonchev–Trinajstić information content (AvgIpc) is 2.09. The lowest BCUT2D eigenvalue weighted by atomic mass is 10.1. The zero-order valence-electron chi connectivity index (χ0n) is 7.49. The van der Waals surface area contributed by atoms with Gasteiger partial charge in [0.05, 0.1) is 17.5 Å². The van der Waals surface area contributed by atoms with Crippen molar-refractivity contribution in [2.75, 3.05) is 0 Å². The Morgan fingerprint density at radius 1 is 1.42 bits per heavy atom. The van der Waals surface area contributed by atoms with E-state index in [0.29, 0.717) is 6.42 Å². The van der Waals surface area contributed by atoms with E-state index in [9.17, 15) is 5.11 Å². The molecule has 3 heteroatoms. The Kier molecular flexibility index (Phi) is 3.17. The number of aryl methyl sites for hydroxylation is 1. The van der Waals surface area contributed by atoms with E-state index in [2.05, 4.69) is 9.97 Å². The molecule has 1 rings (SSSR count). The number of aromatic nitrogens is 2. The van der Waals surface area contributed by atoms with Gasteiger partial charge < -0.3 is 5.11 Å². The number of hydrogen-bond donors (Lipinski definition) is 1. The smallest absolute Gasteiger partial charge is 0.0641 e. The van der Waals surface area contributed by atoms with Crippen molar-refractivity contribution in [2.45, 2.75) is 32.8 Å². The molecule has 1 aromatic rings. The van der Waals surface area contributed by atoms with Crippen molar-refractivity contribution in [3.8, 4) is 0 Å². The first-order valence-electron chi connectivity index (χ1n) is 4.18. The summed E-state index contributed by atoms with van der Waals surface area (Å²) in [7, 11) is 0. The van der Waals surface area contributed by atoms with Crippen molar-refractivity contribution < 1.29 is 5.11 Å². The molecule has 0 aliphatic heterocycles. The van der Waals surface area contributed by atoms with E-state index in [-0.39, 0.29) is 6.10 Å². The highest BCUT2D eigenvalue weighted by Crippen LogP contribution is 2.05. The highest BCUT2D eigenvalue weighted by molar-refractivity contribution is 5.09. The van der Waals surface area contributed by atoms with Gasteiger partial charge in [0.25, 0.3) is 0 Å². The maximum Gasteiger partial charge on any atom is 0.0641 e. The number of rotatable bonds is 3. The molecule has 66 valence electrons. The van der Waals surface area contributed by atoms with E-state index in [1.165, 1.54) is 0 Å². The molecule has 3 nitrogen and oxygen atoms in total. The van der Waals surface area contributed by atoms with Crippen molar-refractivity contribution in [3.63, 3.8) is 0 Å². The lowest BCUT2D eigenvalue weighted by Crippen LogP contribution is -2.11. The van der Waals surface area contributed by atoms with Gasteiger partial charge >= 0.3 is 0 Å². The maximum absolute atomic E-state index is 9.37. The van der Waals surface area contributed by atoms with Crippen molar-refractivity contribution in [1.29, 1.82) is 0 Å². The summed E-state index contributed by atoms with van der Waals surface area (Å²) in [6.45, 7) is 3.86. The SMILES string of the molecule is CCC(O)Cc1nccnc1C. The van der Waals surface area contributed by atoms with E-state index in [1.807, 2.05) is 13.8 Å². The molecule has 1 aromatic heterocycles. The average molecular weight is 166 g/mol. The first kappa shape index (κ1) is 9.13. The molecule has 1 atom stereocenters. The van der Waals surface area contributed by atoms with Gasteiger partial charge in [0.15, 0.2) is 0 Å². The number of aliphatic hydroxyl groups is 1. The predicted molar refractivity (Wildman–Crippen MR) is 46.8 cm³/mol. The largest absolute Gasteiger partial charge is 0.393 e. The Balaban J connectivity index is 2.69. The van der Waals surface area contributed by atoms with Crippen LogP contribution in [0.15, 0.2) is 12.4 Å². The molecule has 1 unspecified atom stereocenters. The molecule has 0 aliphatic rings. The lowest BCUT2D eigenvalue weighted by molar-refractivity contribution is 0.169. The Morgan fingerprint density at radius 2 is 2.08 bits per heavy atom. The molecule has 0 saturated heterocycles. The van der Waals surface area contributed by atoms with Gasteiger partial charge in [-0.05, 0) is 13.3 Å². The number of nitrogens with zero attached hydrogens (tertiary/aromatic N) is 2. The van der Waals surface area contributed by atoms with Crippen LogP contribution in [0.1, 0.15) is 24.7 Å². The summed E-state index contributed by atoms with van der Waals surface area (Å²) in [5.74, 6) is 0. The summed E-state index contributed by atoms with van der Waals surface area (Å²) in [5.41, 5.74) is 1.80. The quantitative estimate of drug-likeness (QED) is 0.731. The Morgan fingerprint density at radius 3 is 2.67 bits per heavy atom. The molecule has 0 radical (unpaired) electrons. The molecule has 1 heterocycles. The first-order chi connectivity index (χ1) is 5.74. The number of hydrogen-bond acceptors (Lipinski definition) is 3. The van der Waals surface area contributed by atoms with Crippen molar-refractivity contribution in [3.05, 3.63) is 23.8 Å². The third kappa shape index (κ3) is 2.27. The van der Waals surface area contributed by atoms with E-state index < -0.39 is 0 Å². The lowest BCUT2D eigenvalue weighted by Gasteiger charge is -2.07. The van der Waals surface area contributed by atoms with Crippen LogP contribution in [0.5, 0.6) is 0 Å². The molecule has 0 spiro atoms. The summed E-state index contributed by atoms with van der Waals surface area (Å²) < 4.78 is 0. The maximum atomic E-state index is 9.37. The van der Waals surface area contributed by atoms with Gasteiger partial charge in [0.1, 0.15) is 0 Å².